The number of aryl methyl sites for hydroxylation is 2. The number of aromatic nitrogens is 2. The highest BCUT2D eigenvalue weighted by molar-refractivity contribution is 5.11. The Morgan fingerprint density at radius 2 is 2.12 bits per heavy atom. The molecule has 16 heavy (non-hydrogen) atoms. The van der Waals surface area contributed by atoms with Crippen LogP contribution in [0.2, 0.25) is 0 Å². The SMILES string of the molecule is CCCNC(C)Cc1cc(CC)nn1CC. The maximum absolute atomic E-state index is 4.57. The fraction of sp³-hybridized carbons (Fsp3) is 0.769. The third-order valence-corrected chi connectivity index (χ3v) is 2.83. The van der Waals surface area contributed by atoms with Crippen molar-refractivity contribution in [3.05, 3.63) is 17.5 Å². The highest BCUT2D eigenvalue weighted by Gasteiger charge is 2.09. The Kier molecular flexibility index (Phi) is 5.53. The van der Waals surface area contributed by atoms with Crippen LogP contribution in [0.25, 0.3) is 0 Å². The van der Waals surface area contributed by atoms with Crippen LogP contribution in [0, 0.1) is 0 Å². The summed E-state index contributed by atoms with van der Waals surface area (Å²) in [5, 5.41) is 8.09. The summed E-state index contributed by atoms with van der Waals surface area (Å²) in [5.41, 5.74) is 2.56. The first-order chi connectivity index (χ1) is 7.71. The van der Waals surface area contributed by atoms with Gasteiger partial charge >= 0.3 is 0 Å². The van der Waals surface area contributed by atoms with Gasteiger partial charge in [-0.1, -0.05) is 13.8 Å². The topological polar surface area (TPSA) is 29.9 Å². The van der Waals surface area contributed by atoms with Crippen molar-refractivity contribution >= 4 is 0 Å². The molecule has 0 spiro atoms. The molecule has 1 heterocycles. The van der Waals surface area contributed by atoms with Crippen molar-refractivity contribution in [1.29, 1.82) is 0 Å². The lowest BCUT2D eigenvalue weighted by molar-refractivity contribution is 0.514. The second-order valence-corrected chi connectivity index (χ2v) is 4.36. The van der Waals surface area contributed by atoms with E-state index in [-0.39, 0.29) is 0 Å². The van der Waals surface area contributed by atoms with Crippen LogP contribution in [0.3, 0.4) is 0 Å². The van der Waals surface area contributed by atoms with Crippen LogP contribution in [-0.4, -0.2) is 22.4 Å². The molecule has 0 aliphatic carbocycles. The van der Waals surface area contributed by atoms with E-state index in [2.05, 4.69) is 48.9 Å². The molecule has 0 saturated carbocycles. The monoisotopic (exact) mass is 223 g/mol. The molecule has 1 N–H and O–H groups in total. The van der Waals surface area contributed by atoms with E-state index in [4.69, 9.17) is 0 Å². The van der Waals surface area contributed by atoms with E-state index in [9.17, 15) is 0 Å². The Labute approximate surface area is 99.2 Å². The summed E-state index contributed by atoms with van der Waals surface area (Å²) in [6.07, 6.45) is 3.29. The van der Waals surface area contributed by atoms with Gasteiger partial charge in [-0.15, -0.1) is 0 Å². The van der Waals surface area contributed by atoms with E-state index in [1.807, 2.05) is 0 Å². The molecule has 1 aromatic heterocycles. The summed E-state index contributed by atoms with van der Waals surface area (Å²) in [4.78, 5) is 0. The first-order valence-corrected chi connectivity index (χ1v) is 6.50. The Morgan fingerprint density at radius 1 is 1.38 bits per heavy atom. The summed E-state index contributed by atoms with van der Waals surface area (Å²) in [5.74, 6) is 0. The van der Waals surface area contributed by atoms with Gasteiger partial charge in [0.15, 0.2) is 0 Å². The molecule has 0 aliphatic heterocycles. The summed E-state index contributed by atoms with van der Waals surface area (Å²) in [6, 6.07) is 2.78. The number of nitrogens with zero attached hydrogens (tertiary/aromatic N) is 2. The maximum Gasteiger partial charge on any atom is 0.0624 e. The summed E-state index contributed by atoms with van der Waals surface area (Å²) in [7, 11) is 0. The van der Waals surface area contributed by atoms with Crippen LogP contribution in [0.15, 0.2) is 6.07 Å². The van der Waals surface area contributed by atoms with Gasteiger partial charge in [0.2, 0.25) is 0 Å². The second-order valence-electron chi connectivity index (χ2n) is 4.36. The molecule has 0 bridgehead atoms. The maximum atomic E-state index is 4.57. The molecule has 3 nitrogen and oxygen atoms in total. The van der Waals surface area contributed by atoms with Gasteiger partial charge < -0.3 is 5.32 Å². The molecule has 1 atom stereocenters. The van der Waals surface area contributed by atoms with Crippen LogP contribution in [0.4, 0.5) is 0 Å². The molecule has 0 radical (unpaired) electrons. The number of hydrogen-bond donors (Lipinski definition) is 1. The van der Waals surface area contributed by atoms with Crippen molar-refractivity contribution in [2.75, 3.05) is 6.54 Å². The van der Waals surface area contributed by atoms with Crippen LogP contribution in [0.5, 0.6) is 0 Å². The van der Waals surface area contributed by atoms with E-state index in [1.165, 1.54) is 17.8 Å². The zero-order valence-corrected chi connectivity index (χ0v) is 11.1. The summed E-state index contributed by atoms with van der Waals surface area (Å²) in [6.45, 7) is 10.8. The zero-order chi connectivity index (χ0) is 12.0. The third-order valence-electron chi connectivity index (χ3n) is 2.83. The van der Waals surface area contributed by atoms with Crippen molar-refractivity contribution in [3.63, 3.8) is 0 Å². The first-order valence-electron chi connectivity index (χ1n) is 6.50. The number of nitrogens with one attached hydrogen (secondary N) is 1. The molecule has 0 amide bonds. The molecule has 0 saturated heterocycles. The molecule has 0 aliphatic rings. The van der Waals surface area contributed by atoms with Crippen molar-refractivity contribution in [2.45, 2.75) is 59.5 Å². The Balaban J connectivity index is 2.60. The number of hydrogen-bond acceptors (Lipinski definition) is 2. The molecule has 0 fully saturated rings. The van der Waals surface area contributed by atoms with E-state index >= 15 is 0 Å². The van der Waals surface area contributed by atoms with E-state index in [0.717, 1.165) is 25.9 Å². The minimum Gasteiger partial charge on any atom is -0.314 e. The van der Waals surface area contributed by atoms with Crippen molar-refractivity contribution in [3.8, 4) is 0 Å². The lowest BCUT2D eigenvalue weighted by atomic mass is 10.1. The predicted molar refractivity (Wildman–Crippen MR) is 68.7 cm³/mol. The molecule has 1 rings (SSSR count). The van der Waals surface area contributed by atoms with Crippen LogP contribution >= 0.6 is 0 Å². The molecule has 1 aromatic rings. The fourth-order valence-electron chi connectivity index (χ4n) is 1.90. The molecule has 1 unspecified atom stereocenters. The predicted octanol–water partition coefficient (Wildman–Crippen LogP) is 2.40. The third kappa shape index (κ3) is 3.63. The van der Waals surface area contributed by atoms with E-state index in [1.54, 1.807) is 0 Å². The van der Waals surface area contributed by atoms with Crippen LogP contribution < -0.4 is 5.32 Å². The molecular weight excluding hydrogens is 198 g/mol. The minimum atomic E-state index is 0.534. The zero-order valence-electron chi connectivity index (χ0n) is 11.1. The van der Waals surface area contributed by atoms with Gasteiger partial charge in [-0.05, 0) is 39.3 Å². The van der Waals surface area contributed by atoms with Gasteiger partial charge in [0.25, 0.3) is 0 Å². The molecule has 3 heteroatoms. The van der Waals surface area contributed by atoms with E-state index < -0.39 is 0 Å². The van der Waals surface area contributed by atoms with Crippen molar-refractivity contribution in [1.82, 2.24) is 15.1 Å². The molecule has 0 aromatic carbocycles. The highest BCUT2D eigenvalue weighted by atomic mass is 15.3. The molecule has 92 valence electrons. The van der Waals surface area contributed by atoms with Crippen molar-refractivity contribution in [2.24, 2.45) is 0 Å². The molecular formula is C13H25N3. The average molecular weight is 223 g/mol. The minimum absolute atomic E-state index is 0.534. The number of rotatable bonds is 7. The standard InChI is InChI=1S/C13H25N3/c1-5-8-14-11(4)9-13-10-12(6-2)15-16(13)7-3/h10-11,14H,5-9H2,1-4H3. The lowest BCUT2D eigenvalue weighted by Crippen LogP contribution is -2.29. The normalized spacial score (nSPS) is 13.0. The van der Waals surface area contributed by atoms with Crippen LogP contribution in [-0.2, 0) is 19.4 Å². The Hall–Kier alpha value is -0.830. The average Bonchev–Trinajstić information content (AvgIpc) is 2.68. The summed E-state index contributed by atoms with van der Waals surface area (Å²) >= 11 is 0. The summed E-state index contributed by atoms with van der Waals surface area (Å²) < 4.78 is 2.13. The second kappa shape index (κ2) is 6.69. The smallest absolute Gasteiger partial charge is 0.0624 e. The quantitative estimate of drug-likeness (QED) is 0.769. The van der Waals surface area contributed by atoms with Crippen molar-refractivity contribution < 1.29 is 0 Å². The lowest BCUT2D eigenvalue weighted by Gasteiger charge is -2.13. The van der Waals surface area contributed by atoms with Gasteiger partial charge in [0.1, 0.15) is 0 Å². The van der Waals surface area contributed by atoms with Crippen LogP contribution in [0.1, 0.15) is 45.5 Å². The Morgan fingerprint density at radius 3 is 2.69 bits per heavy atom. The van der Waals surface area contributed by atoms with E-state index in [0.29, 0.717) is 6.04 Å². The van der Waals surface area contributed by atoms with Gasteiger partial charge in [-0.25, -0.2) is 0 Å². The Bertz CT molecular complexity index is 304. The highest BCUT2D eigenvalue weighted by Crippen LogP contribution is 2.08. The van der Waals surface area contributed by atoms with Gasteiger partial charge in [0, 0.05) is 24.7 Å². The fourth-order valence-corrected chi connectivity index (χ4v) is 1.90. The van der Waals surface area contributed by atoms with Gasteiger partial charge in [-0.3, -0.25) is 4.68 Å². The van der Waals surface area contributed by atoms with Gasteiger partial charge in [0.05, 0.1) is 5.69 Å². The largest absolute Gasteiger partial charge is 0.314 e. The first kappa shape index (κ1) is 13.2. The van der Waals surface area contributed by atoms with Gasteiger partial charge in [-0.2, -0.15) is 5.10 Å².